The van der Waals surface area contributed by atoms with Crippen LogP contribution in [0, 0.1) is 37.1 Å². The van der Waals surface area contributed by atoms with Gasteiger partial charge in [-0.25, -0.2) is 17.6 Å². The summed E-state index contributed by atoms with van der Waals surface area (Å²) in [5.41, 5.74) is 1.19. The first-order valence-electron chi connectivity index (χ1n) is 10.2. The third kappa shape index (κ3) is 4.95. The van der Waals surface area contributed by atoms with Gasteiger partial charge in [-0.3, -0.25) is 9.48 Å². The van der Waals surface area contributed by atoms with Gasteiger partial charge in [0.15, 0.2) is 34.8 Å². The Bertz CT molecular complexity index is 1340. The number of rotatable bonds is 7. The van der Waals surface area contributed by atoms with Crippen molar-refractivity contribution in [1.82, 2.24) is 9.78 Å². The zero-order valence-electron chi connectivity index (χ0n) is 18.2. The standard InChI is InChI=1S/C24H19F4N3O3/c1-13-3-4-14(2)20(9-13)33-12-15-5-6-19(34-15)24(32)29-21-7-8-31(30-21)11-16-22(27)17(25)10-18(26)23(16)28/h3-10H,11-12H2,1-2H3,(H,29,30,32). The first kappa shape index (κ1) is 23.1. The Morgan fingerprint density at radius 1 is 1.03 bits per heavy atom. The first-order valence-corrected chi connectivity index (χ1v) is 10.2. The minimum absolute atomic E-state index is 0.00148. The normalized spacial score (nSPS) is 11.0. The van der Waals surface area contributed by atoms with Gasteiger partial charge < -0.3 is 14.5 Å². The second-order valence-corrected chi connectivity index (χ2v) is 7.62. The molecule has 0 fully saturated rings. The Labute approximate surface area is 191 Å². The minimum atomic E-state index is -1.51. The fourth-order valence-electron chi connectivity index (χ4n) is 3.21. The van der Waals surface area contributed by atoms with E-state index in [1.54, 1.807) is 6.07 Å². The molecular weight excluding hydrogens is 454 g/mol. The highest BCUT2D eigenvalue weighted by atomic mass is 19.2. The van der Waals surface area contributed by atoms with Crippen LogP contribution in [0.1, 0.15) is 33.0 Å². The monoisotopic (exact) mass is 473 g/mol. The summed E-state index contributed by atoms with van der Waals surface area (Å²) in [7, 11) is 0. The number of furan rings is 1. The van der Waals surface area contributed by atoms with E-state index in [-0.39, 0.29) is 24.3 Å². The SMILES string of the molecule is Cc1ccc(C)c(OCc2ccc(C(=O)Nc3ccn(Cc4c(F)c(F)cc(F)c4F)n3)o2)c1. The van der Waals surface area contributed by atoms with Crippen molar-refractivity contribution in [3.05, 3.63) is 100 Å². The van der Waals surface area contributed by atoms with Crippen LogP contribution in [0.5, 0.6) is 5.75 Å². The largest absolute Gasteiger partial charge is 0.485 e. The highest BCUT2D eigenvalue weighted by Gasteiger charge is 2.20. The van der Waals surface area contributed by atoms with E-state index in [1.165, 1.54) is 18.3 Å². The molecule has 0 saturated carbocycles. The van der Waals surface area contributed by atoms with Crippen LogP contribution in [0.25, 0.3) is 0 Å². The molecule has 10 heteroatoms. The quantitative estimate of drug-likeness (QED) is 0.283. The van der Waals surface area contributed by atoms with Crippen molar-refractivity contribution in [1.29, 1.82) is 0 Å². The maximum absolute atomic E-state index is 13.9. The van der Waals surface area contributed by atoms with Gasteiger partial charge in [0.2, 0.25) is 0 Å². The number of benzene rings is 2. The molecule has 0 aliphatic rings. The van der Waals surface area contributed by atoms with Crippen LogP contribution >= 0.6 is 0 Å². The van der Waals surface area contributed by atoms with Crippen molar-refractivity contribution in [2.45, 2.75) is 27.0 Å². The molecule has 1 N–H and O–H groups in total. The second kappa shape index (κ2) is 9.42. The first-order chi connectivity index (χ1) is 16.2. The summed E-state index contributed by atoms with van der Waals surface area (Å²) >= 11 is 0. The fourth-order valence-corrected chi connectivity index (χ4v) is 3.21. The van der Waals surface area contributed by atoms with Crippen LogP contribution in [0.3, 0.4) is 0 Å². The summed E-state index contributed by atoms with van der Waals surface area (Å²) < 4.78 is 66.8. The zero-order valence-corrected chi connectivity index (χ0v) is 18.2. The molecule has 0 aliphatic carbocycles. The average molecular weight is 473 g/mol. The fraction of sp³-hybridized carbons (Fsp3) is 0.167. The van der Waals surface area contributed by atoms with Crippen molar-refractivity contribution in [3.63, 3.8) is 0 Å². The maximum Gasteiger partial charge on any atom is 0.292 e. The van der Waals surface area contributed by atoms with Gasteiger partial charge in [-0.1, -0.05) is 12.1 Å². The lowest BCUT2D eigenvalue weighted by atomic mass is 10.1. The highest BCUT2D eigenvalue weighted by molar-refractivity contribution is 6.01. The number of nitrogens with one attached hydrogen (secondary N) is 1. The molecule has 0 saturated heterocycles. The van der Waals surface area contributed by atoms with Crippen molar-refractivity contribution >= 4 is 11.7 Å². The van der Waals surface area contributed by atoms with E-state index < -0.39 is 41.3 Å². The smallest absolute Gasteiger partial charge is 0.292 e. The second-order valence-electron chi connectivity index (χ2n) is 7.62. The lowest BCUT2D eigenvalue weighted by Gasteiger charge is -2.08. The Morgan fingerprint density at radius 3 is 2.50 bits per heavy atom. The van der Waals surface area contributed by atoms with Gasteiger partial charge >= 0.3 is 0 Å². The molecule has 0 bridgehead atoms. The molecule has 0 atom stereocenters. The molecule has 2 aromatic carbocycles. The van der Waals surface area contributed by atoms with Gasteiger partial charge in [0, 0.05) is 18.3 Å². The van der Waals surface area contributed by atoms with Crippen LogP contribution in [0.4, 0.5) is 23.4 Å². The molecule has 2 aromatic heterocycles. The molecule has 4 rings (SSSR count). The molecule has 0 spiro atoms. The Balaban J connectivity index is 1.39. The maximum atomic E-state index is 13.9. The van der Waals surface area contributed by atoms with E-state index in [0.717, 1.165) is 15.8 Å². The number of hydrogen-bond acceptors (Lipinski definition) is 4. The molecule has 34 heavy (non-hydrogen) atoms. The lowest BCUT2D eigenvalue weighted by Crippen LogP contribution is -2.13. The molecule has 0 unspecified atom stereocenters. The van der Waals surface area contributed by atoms with Crippen LogP contribution < -0.4 is 10.1 Å². The predicted octanol–water partition coefficient (Wildman–Crippen LogP) is 5.53. The Morgan fingerprint density at radius 2 is 1.76 bits per heavy atom. The van der Waals surface area contributed by atoms with Crippen LogP contribution in [-0.2, 0) is 13.2 Å². The third-order valence-corrected chi connectivity index (χ3v) is 5.00. The number of carbonyl (C=O) groups excluding carboxylic acids is 1. The number of halogens is 4. The van der Waals surface area contributed by atoms with Gasteiger partial charge in [-0.15, -0.1) is 0 Å². The van der Waals surface area contributed by atoms with Crippen molar-refractivity contribution in [2.24, 2.45) is 0 Å². The molecule has 0 radical (unpaired) electrons. The lowest BCUT2D eigenvalue weighted by molar-refractivity contribution is 0.0992. The van der Waals surface area contributed by atoms with Gasteiger partial charge in [0.05, 0.1) is 12.1 Å². The number of amides is 1. The average Bonchev–Trinajstić information content (AvgIpc) is 3.45. The van der Waals surface area contributed by atoms with Crippen LogP contribution in [0.2, 0.25) is 0 Å². The van der Waals surface area contributed by atoms with E-state index in [2.05, 4.69) is 10.4 Å². The van der Waals surface area contributed by atoms with E-state index in [0.29, 0.717) is 11.5 Å². The highest BCUT2D eigenvalue weighted by Crippen LogP contribution is 2.22. The Kier molecular flexibility index (Phi) is 6.40. The number of aryl methyl sites for hydroxylation is 2. The number of carbonyl (C=O) groups is 1. The number of hydrogen-bond donors (Lipinski definition) is 1. The number of nitrogens with zero attached hydrogens (tertiary/aromatic N) is 2. The third-order valence-electron chi connectivity index (χ3n) is 5.00. The summed E-state index contributed by atoms with van der Waals surface area (Å²) in [4.78, 5) is 12.5. The number of anilines is 1. The van der Waals surface area contributed by atoms with Gasteiger partial charge in [0.25, 0.3) is 5.91 Å². The van der Waals surface area contributed by atoms with E-state index in [4.69, 9.17) is 9.15 Å². The molecule has 6 nitrogen and oxygen atoms in total. The molecule has 176 valence electrons. The number of ether oxygens (including phenoxy) is 1. The molecular formula is C24H19F4N3O3. The van der Waals surface area contributed by atoms with Crippen LogP contribution in [0.15, 0.2) is 53.1 Å². The number of aromatic nitrogens is 2. The summed E-state index contributed by atoms with van der Waals surface area (Å²) in [5.74, 6) is -5.47. The van der Waals surface area contributed by atoms with Crippen molar-refractivity contribution in [2.75, 3.05) is 5.32 Å². The van der Waals surface area contributed by atoms with Gasteiger partial charge in [-0.05, 0) is 43.2 Å². The summed E-state index contributed by atoms with van der Waals surface area (Å²) in [6.45, 7) is 3.41. The van der Waals surface area contributed by atoms with Crippen molar-refractivity contribution < 1.29 is 31.5 Å². The van der Waals surface area contributed by atoms with Gasteiger partial charge in [-0.2, -0.15) is 5.10 Å². The van der Waals surface area contributed by atoms with E-state index in [9.17, 15) is 22.4 Å². The summed E-state index contributed by atoms with van der Waals surface area (Å²) in [6, 6.07) is 10.4. The van der Waals surface area contributed by atoms with Gasteiger partial charge in [0.1, 0.15) is 18.1 Å². The predicted molar refractivity (Wildman–Crippen MR) is 115 cm³/mol. The topological polar surface area (TPSA) is 69.3 Å². The zero-order chi connectivity index (χ0) is 24.4. The van der Waals surface area contributed by atoms with E-state index >= 15 is 0 Å². The molecule has 2 heterocycles. The Hall–Kier alpha value is -4.08. The molecule has 1 amide bonds. The van der Waals surface area contributed by atoms with E-state index in [1.807, 2.05) is 32.0 Å². The molecule has 0 aliphatic heterocycles. The summed E-state index contributed by atoms with van der Waals surface area (Å²) in [5, 5.41) is 6.43. The summed E-state index contributed by atoms with van der Waals surface area (Å²) in [6.07, 6.45) is 1.29. The van der Waals surface area contributed by atoms with Crippen LogP contribution in [-0.4, -0.2) is 15.7 Å². The van der Waals surface area contributed by atoms with Crippen molar-refractivity contribution in [3.8, 4) is 5.75 Å². The minimum Gasteiger partial charge on any atom is -0.485 e. The molecule has 4 aromatic rings.